The first-order chi connectivity index (χ1) is 6.87. The minimum atomic E-state index is -0.491. The molecule has 0 aromatic rings. The van der Waals surface area contributed by atoms with Crippen molar-refractivity contribution in [3.63, 3.8) is 0 Å². The molecule has 3 atom stereocenters. The van der Waals surface area contributed by atoms with Gasteiger partial charge in [-0.1, -0.05) is 32.9 Å². The maximum Gasteiger partial charge on any atom is 0.0788 e. The lowest BCUT2D eigenvalue weighted by Crippen LogP contribution is -2.53. The van der Waals surface area contributed by atoms with Crippen molar-refractivity contribution in [1.82, 2.24) is 0 Å². The monoisotopic (exact) mass is 208 g/mol. The lowest BCUT2D eigenvalue weighted by molar-refractivity contribution is -0.140. The molecule has 0 spiro atoms. The number of hydrogen-bond acceptors (Lipinski definition) is 1. The van der Waals surface area contributed by atoms with Gasteiger partial charge in [-0.2, -0.15) is 0 Å². The summed E-state index contributed by atoms with van der Waals surface area (Å²) in [5.41, 5.74) is -0.254. The molecule has 2 aliphatic carbocycles. The van der Waals surface area contributed by atoms with Crippen LogP contribution >= 0.6 is 0 Å². The number of rotatable bonds is 2. The number of hydrogen-bond donors (Lipinski definition) is 1. The molecule has 0 amide bonds. The minimum absolute atomic E-state index is 0.0828. The normalized spacial score (nSPS) is 47.9. The van der Waals surface area contributed by atoms with Gasteiger partial charge in [0.2, 0.25) is 0 Å². The predicted octanol–water partition coefficient (Wildman–Crippen LogP) is 3.53. The van der Waals surface area contributed by atoms with Crippen molar-refractivity contribution in [2.24, 2.45) is 16.7 Å². The van der Waals surface area contributed by atoms with Crippen LogP contribution < -0.4 is 0 Å². The van der Waals surface area contributed by atoms with Gasteiger partial charge >= 0.3 is 0 Å². The van der Waals surface area contributed by atoms with Gasteiger partial charge in [-0.15, -0.1) is 0 Å². The highest BCUT2D eigenvalue weighted by Gasteiger charge is 2.67. The minimum Gasteiger partial charge on any atom is -0.388 e. The van der Waals surface area contributed by atoms with Gasteiger partial charge in [0, 0.05) is 0 Å². The third-order valence-corrected chi connectivity index (χ3v) is 5.48. The van der Waals surface area contributed by atoms with Crippen molar-refractivity contribution in [3.05, 3.63) is 12.2 Å². The van der Waals surface area contributed by atoms with E-state index in [-0.39, 0.29) is 10.8 Å². The molecule has 2 aliphatic rings. The Balaban J connectivity index is 2.36. The summed E-state index contributed by atoms with van der Waals surface area (Å²) in [6.45, 7) is 8.83. The van der Waals surface area contributed by atoms with Gasteiger partial charge in [0.25, 0.3) is 0 Å². The van der Waals surface area contributed by atoms with E-state index in [9.17, 15) is 5.11 Å². The maximum absolute atomic E-state index is 11.0. The summed E-state index contributed by atoms with van der Waals surface area (Å²) in [7, 11) is 0. The van der Waals surface area contributed by atoms with E-state index in [1.807, 2.05) is 6.92 Å². The summed E-state index contributed by atoms with van der Waals surface area (Å²) in [5.74, 6) is 0.720. The van der Waals surface area contributed by atoms with Crippen molar-refractivity contribution in [2.45, 2.75) is 59.0 Å². The van der Waals surface area contributed by atoms with E-state index in [1.54, 1.807) is 0 Å². The van der Waals surface area contributed by atoms with E-state index in [1.165, 1.54) is 19.3 Å². The second-order valence-electron chi connectivity index (χ2n) is 6.36. The van der Waals surface area contributed by atoms with Crippen molar-refractivity contribution >= 4 is 0 Å². The lowest BCUT2D eigenvalue weighted by Gasteiger charge is -2.50. The predicted molar refractivity (Wildman–Crippen MR) is 63.6 cm³/mol. The topological polar surface area (TPSA) is 20.2 Å². The second kappa shape index (κ2) is 3.10. The van der Waals surface area contributed by atoms with E-state index in [4.69, 9.17) is 0 Å². The summed E-state index contributed by atoms with van der Waals surface area (Å²) in [4.78, 5) is 0. The smallest absolute Gasteiger partial charge is 0.0788 e. The van der Waals surface area contributed by atoms with Crippen LogP contribution in [0, 0.1) is 16.7 Å². The van der Waals surface area contributed by atoms with Crippen LogP contribution in [0.4, 0.5) is 0 Å². The molecule has 0 unspecified atom stereocenters. The van der Waals surface area contributed by atoms with Crippen molar-refractivity contribution < 1.29 is 5.11 Å². The Morgan fingerprint density at radius 2 is 2.00 bits per heavy atom. The van der Waals surface area contributed by atoms with E-state index in [0.717, 1.165) is 12.3 Å². The summed E-state index contributed by atoms with van der Waals surface area (Å²) in [5, 5.41) is 11.0. The molecule has 0 aliphatic heterocycles. The number of fused-ring (bicyclic) bond motifs is 2. The molecular weight excluding hydrogens is 184 g/mol. The van der Waals surface area contributed by atoms with Crippen LogP contribution in [-0.4, -0.2) is 10.7 Å². The molecule has 0 aromatic heterocycles. The number of allylic oxidation sites excluding steroid dienone is 1. The van der Waals surface area contributed by atoms with Crippen LogP contribution in [0.2, 0.25) is 0 Å². The Kier molecular flexibility index (Phi) is 2.31. The molecule has 1 heteroatoms. The molecule has 2 rings (SSSR count). The molecule has 0 aromatic carbocycles. The Morgan fingerprint density at radius 1 is 1.33 bits per heavy atom. The molecule has 2 fully saturated rings. The number of aliphatic hydroxyl groups is 1. The fourth-order valence-electron chi connectivity index (χ4n) is 4.15. The third kappa shape index (κ3) is 1.19. The average Bonchev–Trinajstić information content (AvgIpc) is 2.63. The van der Waals surface area contributed by atoms with Crippen LogP contribution in [0.5, 0.6) is 0 Å². The quantitative estimate of drug-likeness (QED) is 0.688. The summed E-state index contributed by atoms with van der Waals surface area (Å²) < 4.78 is 0. The fraction of sp³-hybridized carbons (Fsp3) is 0.857. The third-order valence-electron chi connectivity index (χ3n) is 5.48. The molecular formula is C14H24O. The Labute approximate surface area is 93.6 Å². The molecule has 0 heterocycles. The van der Waals surface area contributed by atoms with E-state index in [2.05, 4.69) is 32.9 Å². The second-order valence-corrected chi connectivity index (χ2v) is 6.36. The SMILES string of the molecule is C/C=C\C[C@]1(O)C(C)(C)[C@H]2CC[C@]1(C)C2. The molecule has 86 valence electrons. The standard InChI is InChI=1S/C14H24O/c1-5-6-8-14(15)12(2,3)11-7-9-13(14,4)10-11/h5-6,11,15H,7-10H2,1-4H3/b6-5-/t11-,13+,14-/m0/s1. The van der Waals surface area contributed by atoms with Gasteiger partial charge in [0.15, 0.2) is 0 Å². The highest BCUT2D eigenvalue weighted by Crippen LogP contribution is 2.69. The zero-order chi connectivity index (χ0) is 11.3. The van der Waals surface area contributed by atoms with Crippen LogP contribution in [-0.2, 0) is 0 Å². The largest absolute Gasteiger partial charge is 0.388 e. The van der Waals surface area contributed by atoms with Gasteiger partial charge in [0.1, 0.15) is 0 Å². The van der Waals surface area contributed by atoms with Gasteiger partial charge in [0.05, 0.1) is 5.60 Å². The molecule has 0 radical (unpaired) electrons. The zero-order valence-corrected chi connectivity index (χ0v) is 10.5. The summed E-state index contributed by atoms with van der Waals surface area (Å²) in [6, 6.07) is 0. The molecule has 2 bridgehead atoms. The van der Waals surface area contributed by atoms with Crippen LogP contribution in [0.25, 0.3) is 0 Å². The summed E-state index contributed by atoms with van der Waals surface area (Å²) in [6.07, 6.45) is 8.74. The molecule has 2 saturated carbocycles. The van der Waals surface area contributed by atoms with Crippen molar-refractivity contribution in [2.75, 3.05) is 0 Å². The Morgan fingerprint density at radius 3 is 2.47 bits per heavy atom. The maximum atomic E-state index is 11.0. The Hall–Kier alpha value is -0.300. The van der Waals surface area contributed by atoms with Gasteiger partial charge in [-0.05, 0) is 49.4 Å². The highest BCUT2D eigenvalue weighted by atomic mass is 16.3. The van der Waals surface area contributed by atoms with Gasteiger partial charge < -0.3 is 5.11 Å². The van der Waals surface area contributed by atoms with Gasteiger partial charge in [-0.25, -0.2) is 0 Å². The van der Waals surface area contributed by atoms with Crippen LogP contribution in [0.3, 0.4) is 0 Å². The fourth-order valence-corrected chi connectivity index (χ4v) is 4.15. The van der Waals surface area contributed by atoms with Crippen molar-refractivity contribution in [1.29, 1.82) is 0 Å². The van der Waals surface area contributed by atoms with Crippen molar-refractivity contribution in [3.8, 4) is 0 Å². The first-order valence-electron chi connectivity index (χ1n) is 6.21. The molecule has 15 heavy (non-hydrogen) atoms. The lowest BCUT2D eigenvalue weighted by atomic mass is 9.59. The highest BCUT2D eigenvalue weighted by molar-refractivity contribution is 5.19. The molecule has 1 N–H and O–H groups in total. The average molecular weight is 208 g/mol. The molecule has 0 saturated heterocycles. The zero-order valence-electron chi connectivity index (χ0n) is 10.5. The molecule has 1 nitrogen and oxygen atoms in total. The Bertz CT molecular complexity index is 285. The van der Waals surface area contributed by atoms with Gasteiger partial charge in [-0.3, -0.25) is 0 Å². The van der Waals surface area contributed by atoms with Crippen LogP contribution in [0.15, 0.2) is 12.2 Å². The van der Waals surface area contributed by atoms with E-state index in [0.29, 0.717) is 0 Å². The van der Waals surface area contributed by atoms with E-state index >= 15 is 0 Å². The van der Waals surface area contributed by atoms with Crippen LogP contribution in [0.1, 0.15) is 53.4 Å². The van der Waals surface area contributed by atoms with E-state index < -0.39 is 5.60 Å². The first kappa shape index (κ1) is 11.2. The first-order valence-corrected chi connectivity index (χ1v) is 6.21. The summed E-state index contributed by atoms with van der Waals surface area (Å²) >= 11 is 0.